The van der Waals surface area contributed by atoms with Gasteiger partial charge in [-0.15, -0.1) is 0 Å². The van der Waals surface area contributed by atoms with E-state index in [0.717, 1.165) is 5.56 Å². The van der Waals surface area contributed by atoms with Crippen LogP contribution in [0.4, 0.5) is 0 Å². The molecule has 22 heavy (non-hydrogen) atoms. The van der Waals surface area contributed by atoms with Crippen LogP contribution in [0.15, 0.2) is 54.6 Å². The molecule has 0 fully saturated rings. The summed E-state index contributed by atoms with van der Waals surface area (Å²) < 4.78 is 5.29. The molecule has 0 bridgehead atoms. The van der Waals surface area contributed by atoms with E-state index in [0.29, 0.717) is 12.0 Å². The molecule has 0 amide bonds. The summed E-state index contributed by atoms with van der Waals surface area (Å²) in [5.41, 5.74) is 1.71. The molecule has 4 heteroatoms. The number of rotatable bonds is 5. The SMILES string of the molecule is CC(Cc1ccccc1)OC(=O)/C=C/c1ccc(O)c(O)c1. The van der Waals surface area contributed by atoms with Gasteiger partial charge in [0.2, 0.25) is 0 Å². The maximum atomic E-state index is 11.7. The monoisotopic (exact) mass is 298 g/mol. The van der Waals surface area contributed by atoms with E-state index in [1.54, 1.807) is 6.07 Å². The molecule has 0 aliphatic heterocycles. The third kappa shape index (κ3) is 4.66. The van der Waals surface area contributed by atoms with Crippen LogP contribution in [0, 0.1) is 0 Å². The molecule has 0 radical (unpaired) electrons. The van der Waals surface area contributed by atoms with E-state index in [1.807, 2.05) is 37.3 Å². The summed E-state index contributed by atoms with van der Waals surface area (Å²) >= 11 is 0. The number of benzene rings is 2. The van der Waals surface area contributed by atoms with Crippen LogP contribution in [0.3, 0.4) is 0 Å². The van der Waals surface area contributed by atoms with Gasteiger partial charge in [-0.2, -0.15) is 0 Å². The quantitative estimate of drug-likeness (QED) is 0.505. The van der Waals surface area contributed by atoms with Gasteiger partial charge in [-0.05, 0) is 36.3 Å². The third-order valence-electron chi connectivity index (χ3n) is 3.09. The molecule has 4 nitrogen and oxygen atoms in total. The van der Waals surface area contributed by atoms with Crippen LogP contribution in [0.2, 0.25) is 0 Å². The number of esters is 1. The zero-order valence-corrected chi connectivity index (χ0v) is 12.3. The maximum Gasteiger partial charge on any atom is 0.331 e. The minimum atomic E-state index is -0.448. The Hall–Kier alpha value is -2.75. The summed E-state index contributed by atoms with van der Waals surface area (Å²) in [6.45, 7) is 1.84. The Morgan fingerprint density at radius 1 is 1.14 bits per heavy atom. The Balaban J connectivity index is 1.89. The van der Waals surface area contributed by atoms with Gasteiger partial charge in [0.1, 0.15) is 6.10 Å². The minimum absolute atomic E-state index is 0.198. The number of phenols is 2. The van der Waals surface area contributed by atoms with Crippen LogP contribution >= 0.6 is 0 Å². The van der Waals surface area contributed by atoms with Crippen LogP contribution in [-0.2, 0) is 16.0 Å². The van der Waals surface area contributed by atoms with E-state index in [1.165, 1.54) is 24.3 Å². The van der Waals surface area contributed by atoms with E-state index in [9.17, 15) is 15.0 Å². The van der Waals surface area contributed by atoms with Gasteiger partial charge in [0, 0.05) is 12.5 Å². The molecular formula is C18H18O4. The van der Waals surface area contributed by atoms with Crippen molar-refractivity contribution in [1.29, 1.82) is 0 Å². The Morgan fingerprint density at radius 3 is 2.55 bits per heavy atom. The molecule has 1 unspecified atom stereocenters. The van der Waals surface area contributed by atoms with Crippen LogP contribution in [0.1, 0.15) is 18.1 Å². The maximum absolute atomic E-state index is 11.7. The van der Waals surface area contributed by atoms with Crippen LogP contribution in [-0.4, -0.2) is 22.3 Å². The fourth-order valence-corrected chi connectivity index (χ4v) is 2.03. The summed E-state index contributed by atoms with van der Waals surface area (Å²) in [4.78, 5) is 11.7. The van der Waals surface area contributed by atoms with E-state index in [2.05, 4.69) is 0 Å². The van der Waals surface area contributed by atoms with E-state index < -0.39 is 5.97 Å². The zero-order chi connectivity index (χ0) is 15.9. The third-order valence-corrected chi connectivity index (χ3v) is 3.09. The number of ether oxygens (including phenoxy) is 1. The average molecular weight is 298 g/mol. The lowest BCUT2D eigenvalue weighted by molar-refractivity contribution is -0.141. The van der Waals surface area contributed by atoms with Gasteiger partial charge in [-0.3, -0.25) is 0 Å². The van der Waals surface area contributed by atoms with Gasteiger partial charge >= 0.3 is 5.97 Å². The van der Waals surface area contributed by atoms with Crippen molar-refractivity contribution >= 4 is 12.0 Å². The van der Waals surface area contributed by atoms with Gasteiger partial charge in [0.15, 0.2) is 11.5 Å². The molecule has 0 saturated heterocycles. The summed E-state index contributed by atoms with van der Waals surface area (Å²) in [5.74, 6) is -0.875. The topological polar surface area (TPSA) is 66.8 Å². The van der Waals surface area contributed by atoms with Crippen LogP contribution in [0.25, 0.3) is 6.08 Å². The molecule has 0 saturated carbocycles. The van der Waals surface area contributed by atoms with Crippen molar-refractivity contribution in [2.75, 3.05) is 0 Å². The first-order valence-electron chi connectivity index (χ1n) is 6.99. The van der Waals surface area contributed by atoms with Gasteiger partial charge in [0.25, 0.3) is 0 Å². The van der Waals surface area contributed by atoms with Crippen molar-refractivity contribution in [2.24, 2.45) is 0 Å². The van der Waals surface area contributed by atoms with Crippen molar-refractivity contribution < 1.29 is 19.7 Å². The number of hydrogen-bond donors (Lipinski definition) is 2. The second kappa shape index (κ2) is 7.31. The highest BCUT2D eigenvalue weighted by atomic mass is 16.5. The Bertz CT molecular complexity index is 662. The Morgan fingerprint density at radius 2 is 1.86 bits per heavy atom. The Labute approximate surface area is 129 Å². The predicted octanol–water partition coefficient (Wildman–Crippen LogP) is 3.29. The largest absolute Gasteiger partial charge is 0.504 e. The standard InChI is InChI=1S/C18H18O4/c1-13(11-14-5-3-2-4-6-14)22-18(21)10-8-15-7-9-16(19)17(20)12-15/h2-10,12-13,19-20H,11H2,1H3/b10-8+. The first-order chi connectivity index (χ1) is 10.5. The Kier molecular flexibility index (Phi) is 5.20. The fraction of sp³-hybridized carbons (Fsp3) is 0.167. The number of carbonyl (C=O) groups is 1. The first kappa shape index (κ1) is 15.6. The molecule has 1 atom stereocenters. The summed E-state index contributed by atoms with van der Waals surface area (Å²) in [6.07, 6.45) is 3.25. The molecule has 2 aromatic carbocycles. The van der Waals surface area contributed by atoms with Crippen molar-refractivity contribution in [3.8, 4) is 11.5 Å². The highest BCUT2D eigenvalue weighted by Gasteiger charge is 2.08. The van der Waals surface area contributed by atoms with Crippen molar-refractivity contribution in [2.45, 2.75) is 19.4 Å². The van der Waals surface area contributed by atoms with E-state index in [4.69, 9.17) is 4.74 Å². The summed E-state index contributed by atoms with van der Waals surface area (Å²) in [6, 6.07) is 14.1. The fourth-order valence-electron chi connectivity index (χ4n) is 2.03. The smallest absolute Gasteiger partial charge is 0.331 e. The summed E-state index contributed by atoms with van der Waals surface area (Å²) in [5, 5.41) is 18.6. The lowest BCUT2D eigenvalue weighted by atomic mass is 10.1. The summed E-state index contributed by atoms with van der Waals surface area (Å²) in [7, 11) is 0. The van der Waals surface area contributed by atoms with Crippen molar-refractivity contribution in [1.82, 2.24) is 0 Å². The zero-order valence-electron chi connectivity index (χ0n) is 12.3. The molecule has 2 aromatic rings. The predicted molar refractivity (Wildman–Crippen MR) is 84.5 cm³/mol. The van der Waals surface area contributed by atoms with Gasteiger partial charge in [-0.1, -0.05) is 36.4 Å². The van der Waals surface area contributed by atoms with Gasteiger partial charge in [-0.25, -0.2) is 4.79 Å². The molecule has 0 aromatic heterocycles. The highest BCUT2D eigenvalue weighted by Crippen LogP contribution is 2.25. The number of hydrogen-bond acceptors (Lipinski definition) is 4. The molecular weight excluding hydrogens is 280 g/mol. The van der Waals surface area contributed by atoms with Gasteiger partial charge < -0.3 is 14.9 Å². The minimum Gasteiger partial charge on any atom is -0.504 e. The number of aromatic hydroxyl groups is 2. The molecule has 0 aliphatic rings. The van der Waals surface area contributed by atoms with E-state index in [-0.39, 0.29) is 17.6 Å². The molecule has 2 N–H and O–H groups in total. The van der Waals surface area contributed by atoms with Crippen molar-refractivity contribution in [3.63, 3.8) is 0 Å². The molecule has 114 valence electrons. The molecule has 2 rings (SSSR count). The second-order valence-electron chi connectivity index (χ2n) is 5.02. The number of phenolic OH excluding ortho intramolecular Hbond substituents is 2. The second-order valence-corrected chi connectivity index (χ2v) is 5.02. The molecule has 0 aliphatic carbocycles. The molecule has 0 spiro atoms. The van der Waals surface area contributed by atoms with Crippen LogP contribution in [0.5, 0.6) is 11.5 Å². The normalized spacial score (nSPS) is 12.2. The number of carbonyl (C=O) groups excluding carboxylic acids is 1. The first-order valence-corrected chi connectivity index (χ1v) is 6.99. The van der Waals surface area contributed by atoms with E-state index >= 15 is 0 Å². The molecule has 0 heterocycles. The highest BCUT2D eigenvalue weighted by molar-refractivity contribution is 5.87. The lowest BCUT2D eigenvalue weighted by Gasteiger charge is -2.11. The average Bonchev–Trinajstić information content (AvgIpc) is 2.49. The van der Waals surface area contributed by atoms with Crippen molar-refractivity contribution in [3.05, 3.63) is 65.7 Å². The lowest BCUT2D eigenvalue weighted by Crippen LogP contribution is -2.15. The van der Waals surface area contributed by atoms with Crippen LogP contribution < -0.4 is 0 Å². The van der Waals surface area contributed by atoms with Gasteiger partial charge in [0.05, 0.1) is 0 Å².